The highest BCUT2D eigenvalue weighted by atomic mass is 79.9. The maximum atomic E-state index is 5.53. The zero-order chi connectivity index (χ0) is 7.84. The van der Waals surface area contributed by atoms with Crippen molar-refractivity contribution in [3.63, 3.8) is 0 Å². The van der Waals surface area contributed by atoms with E-state index in [2.05, 4.69) is 15.9 Å². The molecule has 0 radical (unpaired) electrons. The van der Waals surface area contributed by atoms with E-state index in [0.717, 1.165) is 5.75 Å². The number of nitrogen functional groups attached to an aromatic ring is 1. The smallest absolute Gasteiger partial charge is 0.298 e. The average Bonchev–Trinajstić information content (AvgIpc) is 2.27. The van der Waals surface area contributed by atoms with Gasteiger partial charge in [0, 0.05) is 27.7 Å². The summed E-state index contributed by atoms with van der Waals surface area (Å²) < 4.78 is 10.4. The van der Waals surface area contributed by atoms with Crippen LogP contribution < -0.4 is 15.2 Å². The summed E-state index contributed by atoms with van der Waals surface area (Å²) in [5.41, 5.74) is 6.20. The lowest BCUT2D eigenvalue weighted by molar-refractivity contribution is 0.143. The van der Waals surface area contributed by atoms with E-state index in [9.17, 15) is 0 Å². The summed E-state index contributed by atoms with van der Waals surface area (Å²) in [6.07, 6.45) is 0. The summed E-state index contributed by atoms with van der Waals surface area (Å²) in [4.78, 5) is 0. The van der Waals surface area contributed by atoms with Gasteiger partial charge in [0.05, 0.1) is 0 Å². The molecule has 4 heteroatoms. The van der Waals surface area contributed by atoms with Gasteiger partial charge in [-0.15, -0.1) is 0 Å². The van der Waals surface area contributed by atoms with Crippen molar-refractivity contribution in [2.45, 2.75) is 5.20 Å². The SMILES string of the molecule is Nc1ccc2c(c1)OC(Br)O2. The van der Waals surface area contributed by atoms with E-state index in [1.54, 1.807) is 18.2 Å². The fourth-order valence-electron chi connectivity index (χ4n) is 0.938. The molecule has 0 saturated carbocycles. The molecule has 1 unspecified atom stereocenters. The van der Waals surface area contributed by atoms with Crippen molar-refractivity contribution in [3.8, 4) is 11.5 Å². The third kappa shape index (κ3) is 1.14. The maximum Gasteiger partial charge on any atom is 0.298 e. The Morgan fingerprint density at radius 1 is 1.27 bits per heavy atom. The van der Waals surface area contributed by atoms with Gasteiger partial charge in [-0.2, -0.15) is 0 Å². The average molecular weight is 216 g/mol. The van der Waals surface area contributed by atoms with E-state index < -0.39 is 0 Å². The second-order valence-electron chi connectivity index (χ2n) is 2.22. The van der Waals surface area contributed by atoms with Gasteiger partial charge in [-0.25, -0.2) is 0 Å². The molecular formula is C7H6BrNO2. The van der Waals surface area contributed by atoms with Gasteiger partial charge >= 0.3 is 0 Å². The molecular weight excluding hydrogens is 210 g/mol. The van der Waals surface area contributed by atoms with Gasteiger partial charge in [0.25, 0.3) is 5.20 Å². The number of alkyl halides is 1. The van der Waals surface area contributed by atoms with Crippen LogP contribution in [0.4, 0.5) is 5.69 Å². The molecule has 2 rings (SSSR count). The Kier molecular flexibility index (Phi) is 1.42. The standard InChI is InChI=1S/C7H6BrNO2/c8-7-10-5-2-1-4(9)3-6(5)11-7/h1-3,7H,9H2. The van der Waals surface area contributed by atoms with Crippen molar-refractivity contribution >= 4 is 21.6 Å². The Morgan fingerprint density at radius 3 is 2.82 bits per heavy atom. The highest BCUT2D eigenvalue weighted by Crippen LogP contribution is 2.37. The Balaban J connectivity index is 2.43. The molecule has 11 heavy (non-hydrogen) atoms. The van der Waals surface area contributed by atoms with E-state index >= 15 is 0 Å². The molecule has 58 valence electrons. The van der Waals surface area contributed by atoms with Crippen molar-refractivity contribution in [3.05, 3.63) is 18.2 Å². The Hall–Kier alpha value is -0.900. The zero-order valence-corrected chi connectivity index (χ0v) is 7.17. The Morgan fingerprint density at radius 2 is 2.00 bits per heavy atom. The van der Waals surface area contributed by atoms with Crippen LogP contribution in [0.3, 0.4) is 0 Å². The molecule has 1 aliphatic rings. The van der Waals surface area contributed by atoms with Gasteiger partial charge in [-0.05, 0) is 12.1 Å². The molecule has 0 amide bonds. The van der Waals surface area contributed by atoms with E-state index in [0.29, 0.717) is 11.4 Å². The van der Waals surface area contributed by atoms with Gasteiger partial charge in [0.15, 0.2) is 11.5 Å². The van der Waals surface area contributed by atoms with E-state index in [1.165, 1.54) is 0 Å². The first-order valence-electron chi connectivity index (χ1n) is 3.12. The molecule has 1 aliphatic heterocycles. The molecule has 0 aliphatic carbocycles. The summed E-state index contributed by atoms with van der Waals surface area (Å²) in [5, 5.41) is -0.376. The topological polar surface area (TPSA) is 44.5 Å². The van der Waals surface area contributed by atoms with Crippen molar-refractivity contribution in [1.29, 1.82) is 0 Å². The summed E-state index contributed by atoms with van der Waals surface area (Å²) >= 11 is 3.16. The summed E-state index contributed by atoms with van der Waals surface area (Å²) in [6.45, 7) is 0. The minimum atomic E-state index is -0.376. The van der Waals surface area contributed by atoms with Gasteiger partial charge in [0.1, 0.15) is 0 Å². The van der Waals surface area contributed by atoms with E-state index in [1.807, 2.05) is 0 Å². The molecule has 0 saturated heterocycles. The van der Waals surface area contributed by atoms with Crippen LogP contribution in [0, 0.1) is 0 Å². The van der Waals surface area contributed by atoms with Crippen LogP contribution >= 0.6 is 15.9 Å². The molecule has 1 atom stereocenters. The molecule has 1 aromatic rings. The van der Waals surface area contributed by atoms with Crippen molar-refractivity contribution in [2.75, 3.05) is 5.73 Å². The second-order valence-corrected chi connectivity index (χ2v) is 2.96. The van der Waals surface area contributed by atoms with Crippen LogP contribution in [0.2, 0.25) is 0 Å². The third-order valence-corrected chi connectivity index (χ3v) is 1.78. The van der Waals surface area contributed by atoms with Crippen LogP contribution in [0.1, 0.15) is 0 Å². The quantitative estimate of drug-likeness (QED) is 0.530. The number of benzene rings is 1. The van der Waals surface area contributed by atoms with Crippen LogP contribution in [0.5, 0.6) is 11.5 Å². The number of hydrogen-bond donors (Lipinski definition) is 1. The highest BCUT2D eigenvalue weighted by molar-refractivity contribution is 9.09. The monoisotopic (exact) mass is 215 g/mol. The first-order chi connectivity index (χ1) is 5.25. The fraction of sp³-hybridized carbons (Fsp3) is 0.143. The third-order valence-electron chi connectivity index (χ3n) is 1.41. The highest BCUT2D eigenvalue weighted by Gasteiger charge is 2.20. The predicted octanol–water partition coefficient (Wildman–Crippen LogP) is 1.72. The summed E-state index contributed by atoms with van der Waals surface area (Å²) in [5.74, 6) is 1.41. The van der Waals surface area contributed by atoms with Gasteiger partial charge in [-0.3, -0.25) is 0 Å². The number of fused-ring (bicyclic) bond motifs is 1. The normalized spacial score (nSPS) is 20.3. The largest absolute Gasteiger partial charge is 0.441 e. The lowest BCUT2D eigenvalue weighted by Crippen LogP contribution is -2.06. The van der Waals surface area contributed by atoms with Gasteiger partial charge in [-0.1, -0.05) is 0 Å². The first-order valence-corrected chi connectivity index (χ1v) is 4.04. The molecule has 0 aromatic heterocycles. The number of halogens is 1. The lowest BCUT2D eigenvalue weighted by Gasteiger charge is -1.97. The van der Waals surface area contributed by atoms with Crippen molar-refractivity contribution in [1.82, 2.24) is 0 Å². The number of hydrogen-bond acceptors (Lipinski definition) is 3. The van der Waals surface area contributed by atoms with Crippen LogP contribution in [-0.2, 0) is 0 Å². The van der Waals surface area contributed by atoms with Gasteiger partial charge in [0.2, 0.25) is 0 Å². The molecule has 0 bridgehead atoms. The second kappa shape index (κ2) is 2.30. The molecule has 1 aromatic carbocycles. The van der Waals surface area contributed by atoms with Crippen molar-refractivity contribution < 1.29 is 9.47 Å². The Bertz CT molecular complexity index is 290. The van der Waals surface area contributed by atoms with Gasteiger partial charge < -0.3 is 15.2 Å². The minimum absolute atomic E-state index is 0.376. The van der Waals surface area contributed by atoms with E-state index in [4.69, 9.17) is 15.2 Å². The van der Waals surface area contributed by atoms with Crippen LogP contribution in [-0.4, -0.2) is 5.20 Å². The molecule has 3 nitrogen and oxygen atoms in total. The number of anilines is 1. The molecule has 0 spiro atoms. The van der Waals surface area contributed by atoms with Crippen molar-refractivity contribution in [2.24, 2.45) is 0 Å². The number of rotatable bonds is 0. The summed E-state index contributed by atoms with van der Waals surface area (Å²) in [7, 11) is 0. The first kappa shape index (κ1) is 6.79. The minimum Gasteiger partial charge on any atom is -0.441 e. The fourth-order valence-corrected chi connectivity index (χ4v) is 1.34. The zero-order valence-electron chi connectivity index (χ0n) is 5.58. The number of ether oxygens (including phenoxy) is 2. The molecule has 1 heterocycles. The predicted molar refractivity (Wildman–Crippen MR) is 44.8 cm³/mol. The molecule has 2 N–H and O–H groups in total. The van der Waals surface area contributed by atoms with Crippen LogP contribution in [0.15, 0.2) is 18.2 Å². The number of nitrogens with two attached hydrogens (primary N) is 1. The lowest BCUT2D eigenvalue weighted by atomic mass is 10.3. The summed E-state index contributed by atoms with van der Waals surface area (Å²) in [6, 6.07) is 5.29. The molecule has 0 fully saturated rings. The van der Waals surface area contributed by atoms with Crippen LogP contribution in [0.25, 0.3) is 0 Å². The maximum absolute atomic E-state index is 5.53. The Labute approximate surface area is 72.2 Å². The van der Waals surface area contributed by atoms with E-state index in [-0.39, 0.29) is 5.20 Å².